The average Bonchev–Trinajstić information content (AvgIpc) is 3.28. The summed E-state index contributed by atoms with van der Waals surface area (Å²) in [6, 6.07) is 2.51. The minimum Gasteiger partial charge on any atom is -0.342 e. The van der Waals surface area contributed by atoms with Gasteiger partial charge in [-0.05, 0) is 24.6 Å². The first-order valence-electron chi connectivity index (χ1n) is 8.14. The molecule has 3 aromatic rings. The van der Waals surface area contributed by atoms with Gasteiger partial charge in [0.15, 0.2) is 5.82 Å². The SMILES string of the molecule is Cc1cc(F)c2[nH]c(S(=O)(=O)N3C[C@H](F)[C@@H](F)C3)cc2c1-c1ncn(C)n1. The van der Waals surface area contributed by atoms with Crippen LogP contribution in [0.1, 0.15) is 5.56 Å². The summed E-state index contributed by atoms with van der Waals surface area (Å²) < 4.78 is 69.0. The van der Waals surface area contributed by atoms with Crippen molar-refractivity contribution >= 4 is 20.9 Å². The third kappa shape index (κ3) is 2.81. The molecule has 2 aromatic heterocycles. The van der Waals surface area contributed by atoms with Crippen LogP contribution in [0, 0.1) is 12.7 Å². The highest BCUT2D eigenvalue weighted by Gasteiger charge is 2.40. The molecule has 4 rings (SSSR count). The van der Waals surface area contributed by atoms with Crippen LogP contribution in [0.3, 0.4) is 0 Å². The van der Waals surface area contributed by atoms with E-state index in [0.29, 0.717) is 17.0 Å². The number of nitrogens with one attached hydrogen (secondary N) is 1. The maximum atomic E-state index is 14.4. The third-order valence-electron chi connectivity index (χ3n) is 4.63. The monoisotopic (exact) mass is 399 g/mol. The maximum absolute atomic E-state index is 14.4. The van der Waals surface area contributed by atoms with Crippen LogP contribution < -0.4 is 0 Å². The lowest BCUT2D eigenvalue weighted by molar-refractivity contribution is 0.217. The van der Waals surface area contributed by atoms with Gasteiger partial charge in [0.25, 0.3) is 10.0 Å². The first-order valence-corrected chi connectivity index (χ1v) is 9.58. The van der Waals surface area contributed by atoms with Crippen LogP contribution in [0.15, 0.2) is 23.5 Å². The van der Waals surface area contributed by atoms with Crippen LogP contribution >= 0.6 is 0 Å². The van der Waals surface area contributed by atoms with E-state index < -0.39 is 41.3 Å². The van der Waals surface area contributed by atoms with Gasteiger partial charge in [-0.3, -0.25) is 4.68 Å². The molecule has 1 fully saturated rings. The molecule has 0 aliphatic carbocycles. The standard InChI is InChI=1S/C16H16F3N5O2S/c1-8-3-10(17)15-9(14(8)16-20-7-23(2)22-16)4-13(21-15)27(25,26)24-5-11(18)12(19)6-24/h3-4,7,11-12,21H,5-6H2,1-2H3/t11-,12-/m0/s1. The number of sulfonamides is 1. The summed E-state index contributed by atoms with van der Waals surface area (Å²) in [5.74, 6) is -0.325. The Bertz CT molecular complexity index is 1130. The number of hydrogen-bond acceptors (Lipinski definition) is 4. The third-order valence-corrected chi connectivity index (χ3v) is 6.38. The van der Waals surface area contributed by atoms with Gasteiger partial charge in [-0.25, -0.2) is 26.6 Å². The van der Waals surface area contributed by atoms with Crippen molar-refractivity contribution in [1.29, 1.82) is 0 Å². The molecule has 3 heterocycles. The minimum absolute atomic E-state index is 0.0329. The summed E-state index contributed by atoms with van der Waals surface area (Å²) in [6.45, 7) is 0.515. The van der Waals surface area contributed by atoms with E-state index in [0.717, 1.165) is 4.31 Å². The van der Waals surface area contributed by atoms with Crippen LogP contribution in [0.2, 0.25) is 0 Å². The topological polar surface area (TPSA) is 83.9 Å². The van der Waals surface area contributed by atoms with Gasteiger partial charge in [-0.1, -0.05) is 0 Å². The fourth-order valence-electron chi connectivity index (χ4n) is 3.28. The molecule has 2 atom stereocenters. The first kappa shape index (κ1) is 18.0. The van der Waals surface area contributed by atoms with Crippen molar-refractivity contribution in [1.82, 2.24) is 24.1 Å². The molecule has 1 saturated heterocycles. The highest BCUT2D eigenvalue weighted by atomic mass is 32.2. The Morgan fingerprint density at radius 1 is 1.22 bits per heavy atom. The molecule has 0 amide bonds. The molecule has 144 valence electrons. The largest absolute Gasteiger partial charge is 0.342 e. The van der Waals surface area contributed by atoms with Gasteiger partial charge < -0.3 is 4.98 Å². The number of rotatable bonds is 3. The summed E-state index contributed by atoms with van der Waals surface area (Å²) in [5.41, 5.74) is 0.982. The Balaban J connectivity index is 1.89. The predicted molar refractivity (Wildman–Crippen MR) is 91.5 cm³/mol. The van der Waals surface area contributed by atoms with E-state index in [9.17, 15) is 21.6 Å². The quantitative estimate of drug-likeness (QED) is 0.731. The highest BCUT2D eigenvalue weighted by molar-refractivity contribution is 7.89. The van der Waals surface area contributed by atoms with Crippen molar-refractivity contribution in [2.24, 2.45) is 7.05 Å². The lowest BCUT2D eigenvalue weighted by atomic mass is 10.0. The van der Waals surface area contributed by atoms with Gasteiger partial charge >= 0.3 is 0 Å². The second-order valence-electron chi connectivity index (χ2n) is 6.57. The molecule has 1 aromatic carbocycles. The number of benzene rings is 1. The van der Waals surface area contributed by atoms with Crippen LogP contribution in [0.25, 0.3) is 22.3 Å². The zero-order valence-corrected chi connectivity index (χ0v) is 15.3. The van der Waals surface area contributed by atoms with Crippen molar-refractivity contribution in [3.63, 3.8) is 0 Å². The minimum atomic E-state index is -4.20. The van der Waals surface area contributed by atoms with E-state index in [1.165, 1.54) is 23.1 Å². The number of aryl methyl sites for hydroxylation is 2. The van der Waals surface area contributed by atoms with E-state index in [1.807, 2.05) is 0 Å². The molecule has 11 heteroatoms. The number of H-pyrrole nitrogens is 1. The molecular formula is C16H16F3N5O2S. The van der Waals surface area contributed by atoms with E-state index in [4.69, 9.17) is 0 Å². The summed E-state index contributed by atoms with van der Waals surface area (Å²) in [4.78, 5) is 6.69. The second-order valence-corrected chi connectivity index (χ2v) is 8.47. The number of alkyl halides is 2. The van der Waals surface area contributed by atoms with Crippen LogP contribution in [-0.4, -0.2) is 57.9 Å². The second kappa shape index (κ2) is 6.06. The molecule has 1 N–H and O–H groups in total. The Kier molecular flexibility index (Phi) is 4.04. The number of aromatic amines is 1. The van der Waals surface area contributed by atoms with Crippen molar-refractivity contribution in [3.05, 3.63) is 29.8 Å². The molecule has 0 saturated carbocycles. The van der Waals surface area contributed by atoms with Crippen molar-refractivity contribution < 1.29 is 21.6 Å². The molecule has 0 spiro atoms. The van der Waals surface area contributed by atoms with Crippen molar-refractivity contribution in [3.8, 4) is 11.4 Å². The van der Waals surface area contributed by atoms with E-state index in [1.54, 1.807) is 14.0 Å². The van der Waals surface area contributed by atoms with Gasteiger partial charge in [0.05, 0.1) is 5.52 Å². The number of aromatic nitrogens is 4. The predicted octanol–water partition coefficient (Wildman–Crippen LogP) is 2.09. The molecule has 0 unspecified atom stereocenters. The zero-order valence-electron chi connectivity index (χ0n) is 14.4. The smallest absolute Gasteiger partial charge is 0.258 e. The Labute approximate surface area is 152 Å². The van der Waals surface area contributed by atoms with E-state index >= 15 is 0 Å². The van der Waals surface area contributed by atoms with Crippen molar-refractivity contribution in [2.45, 2.75) is 24.3 Å². The summed E-state index contributed by atoms with van der Waals surface area (Å²) in [7, 11) is -2.53. The Morgan fingerprint density at radius 2 is 1.89 bits per heavy atom. The first-order chi connectivity index (χ1) is 12.7. The lowest BCUT2D eigenvalue weighted by Crippen LogP contribution is -2.29. The van der Waals surface area contributed by atoms with Crippen molar-refractivity contribution in [2.75, 3.05) is 13.1 Å². The molecule has 1 aliphatic heterocycles. The summed E-state index contributed by atoms with van der Waals surface area (Å²) in [6.07, 6.45) is -2.28. The molecule has 1 aliphatic rings. The molecule has 27 heavy (non-hydrogen) atoms. The number of fused-ring (bicyclic) bond motifs is 1. The van der Waals surface area contributed by atoms with Crippen LogP contribution in [0.4, 0.5) is 13.2 Å². The van der Waals surface area contributed by atoms with Gasteiger partial charge in [-0.15, -0.1) is 0 Å². The Hall–Kier alpha value is -2.40. The van der Waals surface area contributed by atoms with Crippen LogP contribution in [0.5, 0.6) is 0 Å². The molecule has 0 radical (unpaired) electrons. The van der Waals surface area contributed by atoms with Gasteiger partial charge in [0, 0.05) is 31.1 Å². The summed E-state index contributed by atoms with van der Waals surface area (Å²) in [5, 5.41) is 4.15. The fraction of sp³-hybridized carbons (Fsp3) is 0.375. The number of nitrogens with zero attached hydrogens (tertiary/aromatic N) is 4. The van der Waals surface area contributed by atoms with E-state index in [2.05, 4.69) is 15.1 Å². The zero-order chi connectivity index (χ0) is 19.5. The number of hydrogen-bond donors (Lipinski definition) is 1. The van der Waals surface area contributed by atoms with Gasteiger partial charge in [0.2, 0.25) is 0 Å². The van der Waals surface area contributed by atoms with Crippen LogP contribution in [-0.2, 0) is 17.1 Å². The number of halogens is 3. The maximum Gasteiger partial charge on any atom is 0.258 e. The fourth-order valence-corrected chi connectivity index (χ4v) is 4.73. The molecule has 0 bridgehead atoms. The van der Waals surface area contributed by atoms with Gasteiger partial charge in [-0.2, -0.15) is 9.40 Å². The molecular weight excluding hydrogens is 383 g/mol. The normalized spacial score (nSPS) is 21.4. The lowest BCUT2D eigenvalue weighted by Gasteiger charge is -2.13. The molecule has 7 nitrogen and oxygen atoms in total. The highest BCUT2D eigenvalue weighted by Crippen LogP contribution is 2.34. The average molecular weight is 399 g/mol. The van der Waals surface area contributed by atoms with Gasteiger partial charge in [0.1, 0.15) is 29.5 Å². The van der Waals surface area contributed by atoms with E-state index in [-0.39, 0.29) is 15.9 Å². The summed E-state index contributed by atoms with van der Waals surface area (Å²) >= 11 is 0. The Morgan fingerprint density at radius 3 is 2.48 bits per heavy atom.